The fraction of sp³-hybridized carbons (Fsp3) is 0.231. The number of nitrogens with two attached hydrogens (primary N) is 1. The minimum Gasteiger partial charge on any atom is -0.322 e. The fourth-order valence-corrected chi connectivity index (χ4v) is 2.57. The van der Waals surface area contributed by atoms with Crippen molar-refractivity contribution >= 4 is 28.7 Å². The van der Waals surface area contributed by atoms with Gasteiger partial charge in [-0.05, 0) is 24.6 Å². The van der Waals surface area contributed by atoms with Crippen molar-refractivity contribution in [2.24, 2.45) is 5.73 Å². The molecule has 0 saturated carbocycles. The van der Waals surface area contributed by atoms with Crippen LogP contribution in [0.4, 0.5) is 4.39 Å². The van der Waals surface area contributed by atoms with Gasteiger partial charge in [0.25, 0.3) is 0 Å². The van der Waals surface area contributed by atoms with Crippen molar-refractivity contribution in [2.75, 3.05) is 0 Å². The summed E-state index contributed by atoms with van der Waals surface area (Å²) in [5.74, 6) is -0.578. The maximum absolute atomic E-state index is 12.9. The third-order valence-corrected chi connectivity index (χ3v) is 3.96. The van der Waals surface area contributed by atoms with E-state index in [2.05, 4.69) is 4.98 Å². The minimum atomic E-state index is -0.422. The molecule has 1 heterocycles. The van der Waals surface area contributed by atoms with Crippen molar-refractivity contribution in [1.82, 2.24) is 4.98 Å². The number of carbonyl (C=O) groups excluding carboxylic acids is 1. The molecule has 0 saturated heterocycles. The molecule has 1 atom stereocenters. The number of benzene rings is 1. The Labute approximate surface area is 119 Å². The molecule has 1 aromatic heterocycles. The lowest BCUT2D eigenvalue weighted by atomic mass is 10.1. The SMILES string of the molecule is CC(N)c1nc(C(=O)Cc2ccc(F)cc2Cl)cs1. The quantitative estimate of drug-likeness (QED) is 0.880. The van der Waals surface area contributed by atoms with Crippen molar-refractivity contribution in [3.05, 3.63) is 50.7 Å². The number of aromatic nitrogens is 1. The second kappa shape index (κ2) is 5.77. The topological polar surface area (TPSA) is 56.0 Å². The minimum absolute atomic E-state index is 0.0985. The van der Waals surface area contributed by atoms with Gasteiger partial charge in [-0.25, -0.2) is 9.37 Å². The molecule has 2 aromatic rings. The molecule has 0 radical (unpaired) electrons. The summed E-state index contributed by atoms with van der Waals surface area (Å²) in [5, 5.41) is 2.64. The van der Waals surface area contributed by atoms with Crippen molar-refractivity contribution in [2.45, 2.75) is 19.4 Å². The summed E-state index contributed by atoms with van der Waals surface area (Å²) in [5.41, 5.74) is 6.65. The summed E-state index contributed by atoms with van der Waals surface area (Å²) < 4.78 is 12.9. The fourth-order valence-electron chi connectivity index (χ4n) is 1.55. The Morgan fingerprint density at radius 3 is 2.89 bits per heavy atom. The van der Waals surface area contributed by atoms with E-state index in [-0.39, 0.29) is 23.3 Å². The standard InChI is InChI=1S/C13H12ClFN2OS/c1-7(16)13-17-11(6-19-13)12(18)4-8-2-3-9(15)5-10(8)14/h2-3,5-7H,4,16H2,1H3. The molecule has 0 aliphatic carbocycles. The second-order valence-corrected chi connectivity index (χ2v) is 5.49. The zero-order valence-corrected chi connectivity index (χ0v) is 11.8. The Kier molecular flexibility index (Phi) is 4.29. The van der Waals surface area contributed by atoms with Crippen LogP contribution in [0, 0.1) is 5.82 Å². The van der Waals surface area contributed by atoms with Crippen molar-refractivity contribution in [1.29, 1.82) is 0 Å². The van der Waals surface area contributed by atoms with Gasteiger partial charge in [0.2, 0.25) is 0 Å². The van der Waals surface area contributed by atoms with E-state index in [0.29, 0.717) is 16.3 Å². The zero-order valence-electron chi connectivity index (χ0n) is 10.2. The molecule has 1 aromatic carbocycles. The van der Waals surface area contributed by atoms with Gasteiger partial charge >= 0.3 is 0 Å². The van der Waals surface area contributed by atoms with Gasteiger partial charge in [0, 0.05) is 16.8 Å². The summed E-state index contributed by atoms with van der Waals surface area (Å²) in [6.07, 6.45) is 0.0985. The Morgan fingerprint density at radius 1 is 1.58 bits per heavy atom. The van der Waals surface area contributed by atoms with Crippen LogP contribution in [0.25, 0.3) is 0 Å². The molecule has 19 heavy (non-hydrogen) atoms. The first kappa shape index (κ1) is 14.1. The first-order chi connectivity index (χ1) is 8.97. The van der Waals surface area contributed by atoms with Crippen molar-refractivity contribution < 1.29 is 9.18 Å². The van der Waals surface area contributed by atoms with Crippen LogP contribution in [0.5, 0.6) is 0 Å². The van der Waals surface area contributed by atoms with E-state index in [4.69, 9.17) is 17.3 Å². The highest BCUT2D eigenvalue weighted by molar-refractivity contribution is 7.09. The molecule has 100 valence electrons. The number of carbonyl (C=O) groups is 1. The number of Topliss-reactive ketones (excluding diaryl/α,β-unsaturated/α-hetero) is 1. The number of ketones is 1. The summed E-state index contributed by atoms with van der Waals surface area (Å²) in [6, 6.07) is 3.79. The van der Waals surface area contributed by atoms with E-state index in [1.54, 1.807) is 5.38 Å². The molecule has 0 amide bonds. The molecular formula is C13H12ClFN2OS. The lowest BCUT2D eigenvalue weighted by Gasteiger charge is -2.02. The van der Waals surface area contributed by atoms with Gasteiger partial charge in [-0.15, -0.1) is 11.3 Å². The largest absolute Gasteiger partial charge is 0.322 e. The van der Waals surface area contributed by atoms with E-state index in [1.165, 1.54) is 29.5 Å². The predicted octanol–water partition coefficient (Wildman–Crippen LogP) is 3.38. The average molecular weight is 299 g/mol. The first-order valence-corrected chi connectivity index (χ1v) is 6.91. The van der Waals surface area contributed by atoms with Crippen LogP contribution in [-0.4, -0.2) is 10.8 Å². The van der Waals surface area contributed by atoms with Crippen molar-refractivity contribution in [3.8, 4) is 0 Å². The van der Waals surface area contributed by atoms with Gasteiger partial charge < -0.3 is 5.73 Å². The van der Waals surface area contributed by atoms with E-state index in [9.17, 15) is 9.18 Å². The van der Waals surface area contributed by atoms with E-state index < -0.39 is 5.82 Å². The molecule has 0 aliphatic rings. The number of thiazole rings is 1. The van der Waals surface area contributed by atoms with Gasteiger partial charge in [-0.2, -0.15) is 0 Å². The summed E-state index contributed by atoms with van der Waals surface area (Å²) in [6.45, 7) is 1.81. The van der Waals surface area contributed by atoms with Crippen LogP contribution in [0.15, 0.2) is 23.6 Å². The van der Waals surface area contributed by atoms with E-state index in [1.807, 2.05) is 6.92 Å². The molecule has 2 rings (SSSR count). The number of hydrogen-bond acceptors (Lipinski definition) is 4. The van der Waals surface area contributed by atoms with Gasteiger partial charge in [0.15, 0.2) is 5.78 Å². The van der Waals surface area contributed by atoms with Crippen LogP contribution in [0.1, 0.15) is 34.0 Å². The molecular weight excluding hydrogens is 287 g/mol. The highest BCUT2D eigenvalue weighted by Crippen LogP contribution is 2.21. The first-order valence-electron chi connectivity index (χ1n) is 5.65. The smallest absolute Gasteiger partial charge is 0.186 e. The Bertz CT molecular complexity index is 612. The molecule has 6 heteroatoms. The zero-order chi connectivity index (χ0) is 14.0. The average Bonchev–Trinajstić information content (AvgIpc) is 2.82. The highest BCUT2D eigenvalue weighted by Gasteiger charge is 2.15. The number of halogens is 2. The van der Waals surface area contributed by atoms with Gasteiger partial charge in [0.05, 0.1) is 6.04 Å². The molecule has 0 fully saturated rings. The van der Waals surface area contributed by atoms with Crippen LogP contribution >= 0.6 is 22.9 Å². The maximum Gasteiger partial charge on any atom is 0.186 e. The van der Waals surface area contributed by atoms with Crippen LogP contribution in [0.3, 0.4) is 0 Å². The van der Waals surface area contributed by atoms with Crippen LogP contribution < -0.4 is 5.73 Å². The van der Waals surface area contributed by atoms with Gasteiger partial charge in [-0.3, -0.25) is 4.79 Å². The maximum atomic E-state index is 12.9. The summed E-state index contributed by atoms with van der Waals surface area (Å²) >= 11 is 7.24. The monoisotopic (exact) mass is 298 g/mol. The molecule has 2 N–H and O–H groups in total. The second-order valence-electron chi connectivity index (χ2n) is 4.20. The third-order valence-electron chi connectivity index (χ3n) is 2.56. The Balaban J connectivity index is 2.16. The number of rotatable bonds is 4. The molecule has 0 spiro atoms. The summed E-state index contributed by atoms with van der Waals surface area (Å²) in [4.78, 5) is 16.2. The molecule has 0 aliphatic heterocycles. The van der Waals surface area contributed by atoms with Gasteiger partial charge in [0.1, 0.15) is 16.5 Å². The van der Waals surface area contributed by atoms with Crippen molar-refractivity contribution in [3.63, 3.8) is 0 Å². The van der Waals surface area contributed by atoms with E-state index in [0.717, 1.165) is 0 Å². The van der Waals surface area contributed by atoms with Crippen LogP contribution in [-0.2, 0) is 6.42 Å². The number of hydrogen-bond donors (Lipinski definition) is 1. The lowest BCUT2D eigenvalue weighted by Crippen LogP contribution is -2.08. The Morgan fingerprint density at radius 2 is 2.32 bits per heavy atom. The highest BCUT2D eigenvalue weighted by atomic mass is 35.5. The van der Waals surface area contributed by atoms with Crippen LogP contribution in [0.2, 0.25) is 5.02 Å². The molecule has 3 nitrogen and oxygen atoms in total. The molecule has 0 bridgehead atoms. The normalized spacial score (nSPS) is 12.4. The Hall–Kier alpha value is -1.30. The summed E-state index contributed by atoms with van der Waals surface area (Å²) in [7, 11) is 0. The number of nitrogens with zero attached hydrogens (tertiary/aromatic N) is 1. The molecule has 1 unspecified atom stereocenters. The third kappa shape index (κ3) is 3.37. The van der Waals surface area contributed by atoms with E-state index >= 15 is 0 Å². The van der Waals surface area contributed by atoms with Gasteiger partial charge in [-0.1, -0.05) is 17.7 Å². The predicted molar refractivity (Wildman–Crippen MR) is 74.2 cm³/mol. The lowest BCUT2D eigenvalue weighted by molar-refractivity contribution is 0.0988.